The van der Waals surface area contributed by atoms with Crippen LogP contribution in [-0.4, -0.2) is 34.6 Å². The topological polar surface area (TPSA) is 101 Å². The van der Waals surface area contributed by atoms with Crippen LogP contribution < -0.4 is 20.6 Å². The monoisotopic (exact) mass is 303 g/mol. The van der Waals surface area contributed by atoms with E-state index in [1.807, 2.05) is 26.0 Å². The number of benzene rings is 1. The molecule has 1 aromatic heterocycles. The van der Waals surface area contributed by atoms with Crippen LogP contribution in [0.1, 0.15) is 19.4 Å². The molecule has 2 aromatic rings. The summed E-state index contributed by atoms with van der Waals surface area (Å²) in [5, 5.41) is 9.77. The second-order valence-corrected chi connectivity index (χ2v) is 4.62. The summed E-state index contributed by atoms with van der Waals surface area (Å²) in [6, 6.07) is 5.45. The predicted octanol–water partition coefficient (Wildman–Crippen LogP) is 1.41. The van der Waals surface area contributed by atoms with E-state index in [4.69, 9.17) is 9.47 Å². The summed E-state index contributed by atoms with van der Waals surface area (Å²) in [5.74, 6) is 1.54. The number of ether oxygens (including phenoxy) is 2. The number of aromatic nitrogens is 3. The van der Waals surface area contributed by atoms with E-state index in [-0.39, 0.29) is 11.9 Å². The van der Waals surface area contributed by atoms with Crippen LogP contribution in [0.15, 0.2) is 34.3 Å². The van der Waals surface area contributed by atoms with Gasteiger partial charge < -0.3 is 9.47 Å². The molecular formula is C14H17N5O3. The van der Waals surface area contributed by atoms with Crippen LogP contribution in [0.25, 0.3) is 0 Å². The average Bonchev–Trinajstić information content (AvgIpc) is 2.48. The first kappa shape index (κ1) is 15.5. The van der Waals surface area contributed by atoms with Crippen LogP contribution in [0.5, 0.6) is 11.5 Å². The zero-order valence-corrected chi connectivity index (χ0v) is 12.5. The molecule has 0 amide bonds. The third-order valence-electron chi connectivity index (χ3n) is 2.51. The smallest absolute Gasteiger partial charge is 0.363 e. The Kier molecular flexibility index (Phi) is 5.07. The number of methoxy groups -OCH3 is 1. The summed E-state index contributed by atoms with van der Waals surface area (Å²) < 4.78 is 10.9. The number of nitrogens with one attached hydrogen (secondary N) is 2. The molecule has 2 N–H and O–H groups in total. The Morgan fingerprint density at radius 2 is 2.18 bits per heavy atom. The van der Waals surface area contributed by atoms with E-state index in [1.54, 1.807) is 19.4 Å². The van der Waals surface area contributed by atoms with E-state index in [2.05, 4.69) is 25.7 Å². The highest BCUT2D eigenvalue weighted by Crippen LogP contribution is 2.28. The van der Waals surface area contributed by atoms with Gasteiger partial charge in [-0.1, -0.05) is 0 Å². The maximum Gasteiger partial charge on any atom is 0.363 e. The van der Waals surface area contributed by atoms with Gasteiger partial charge in [0.05, 0.1) is 25.6 Å². The standard InChI is InChI=1S/C14H17N5O3/c1-9(2)22-11-5-4-10(6-12(11)21-3)7-15-18-13-8-16-19-14(20)17-13/h4-9H,1-3H3,(H2,17,18,19,20). The Morgan fingerprint density at radius 1 is 1.36 bits per heavy atom. The molecule has 0 saturated heterocycles. The Hall–Kier alpha value is -2.90. The van der Waals surface area contributed by atoms with Crippen molar-refractivity contribution < 1.29 is 9.47 Å². The van der Waals surface area contributed by atoms with Gasteiger partial charge in [-0.05, 0) is 37.6 Å². The SMILES string of the molecule is COc1cc(C=NNc2cn[nH]c(=O)n2)ccc1OC(C)C. The van der Waals surface area contributed by atoms with E-state index >= 15 is 0 Å². The second kappa shape index (κ2) is 7.21. The second-order valence-electron chi connectivity index (χ2n) is 4.62. The summed E-state index contributed by atoms with van der Waals surface area (Å²) in [7, 11) is 1.58. The minimum absolute atomic E-state index is 0.0600. The van der Waals surface area contributed by atoms with Crippen molar-refractivity contribution in [2.45, 2.75) is 20.0 Å². The van der Waals surface area contributed by atoms with Crippen molar-refractivity contribution in [3.05, 3.63) is 40.4 Å². The van der Waals surface area contributed by atoms with Crippen molar-refractivity contribution in [3.8, 4) is 11.5 Å². The van der Waals surface area contributed by atoms with Crippen molar-refractivity contribution >= 4 is 12.0 Å². The fourth-order valence-corrected chi connectivity index (χ4v) is 1.65. The van der Waals surface area contributed by atoms with Crippen molar-refractivity contribution in [3.63, 3.8) is 0 Å². The minimum Gasteiger partial charge on any atom is -0.493 e. The fraction of sp³-hybridized carbons (Fsp3) is 0.286. The number of nitrogens with zero attached hydrogens (tertiary/aromatic N) is 3. The molecule has 1 heterocycles. The van der Waals surface area contributed by atoms with Gasteiger partial charge in [-0.25, -0.2) is 9.89 Å². The highest BCUT2D eigenvalue weighted by atomic mass is 16.5. The van der Waals surface area contributed by atoms with E-state index in [0.29, 0.717) is 11.5 Å². The van der Waals surface area contributed by atoms with Gasteiger partial charge in [-0.3, -0.25) is 5.43 Å². The van der Waals surface area contributed by atoms with Crippen LogP contribution in [0.2, 0.25) is 0 Å². The number of hydrogen-bond donors (Lipinski definition) is 2. The minimum atomic E-state index is -0.544. The number of anilines is 1. The van der Waals surface area contributed by atoms with Gasteiger partial charge in [0.2, 0.25) is 0 Å². The molecule has 0 saturated carbocycles. The lowest BCUT2D eigenvalue weighted by molar-refractivity contribution is 0.230. The Bertz CT molecular complexity index is 712. The number of H-pyrrole nitrogens is 1. The summed E-state index contributed by atoms with van der Waals surface area (Å²) in [6.45, 7) is 3.89. The Labute approximate surface area is 127 Å². The van der Waals surface area contributed by atoms with Gasteiger partial charge in [0.15, 0.2) is 17.3 Å². The first-order chi connectivity index (χ1) is 10.6. The number of aromatic amines is 1. The third kappa shape index (κ3) is 4.30. The van der Waals surface area contributed by atoms with Gasteiger partial charge in [0, 0.05) is 0 Å². The molecule has 0 fully saturated rings. The van der Waals surface area contributed by atoms with Gasteiger partial charge in [-0.2, -0.15) is 15.2 Å². The van der Waals surface area contributed by atoms with Gasteiger partial charge in [0.25, 0.3) is 0 Å². The van der Waals surface area contributed by atoms with Gasteiger partial charge in [-0.15, -0.1) is 0 Å². The molecule has 0 aliphatic heterocycles. The maximum atomic E-state index is 11.0. The van der Waals surface area contributed by atoms with Gasteiger partial charge in [0.1, 0.15) is 0 Å². The molecule has 116 valence electrons. The molecule has 1 aromatic carbocycles. The average molecular weight is 303 g/mol. The molecule has 8 heteroatoms. The van der Waals surface area contributed by atoms with Crippen LogP contribution in [0.3, 0.4) is 0 Å². The van der Waals surface area contributed by atoms with Crippen molar-refractivity contribution in [1.82, 2.24) is 15.2 Å². The summed E-state index contributed by atoms with van der Waals surface area (Å²) in [4.78, 5) is 14.6. The molecule has 8 nitrogen and oxygen atoms in total. The molecule has 0 aliphatic carbocycles. The number of hydrazone groups is 1. The highest BCUT2D eigenvalue weighted by Gasteiger charge is 2.06. The molecule has 0 spiro atoms. The van der Waals surface area contributed by atoms with E-state index in [9.17, 15) is 4.79 Å². The lowest BCUT2D eigenvalue weighted by atomic mass is 10.2. The maximum absolute atomic E-state index is 11.0. The molecule has 2 rings (SSSR count). The first-order valence-electron chi connectivity index (χ1n) is 6.64. The van der Waals surface area contributed by atoms with Crippen molar-refractivity contribution in [2.75, 3.05) is 12.5 Å². The number of rotatable bonds is 6. The van der Waals surface area contributed by atoms with E-state index < -0.39 is 5.69 Å². The third-order valence-corrected chi connectivity index (χ3v) is 2.51. The molecule has 0 bridgehead atoms. The summed E-state index contributed by atoms with van der Waals surface area (Å²) >= 11 is 0. The lowest BCUT2D eigenvalue weighted by Crippen LogP contribution is -2.13. The molecule has 0 aliphatic rings. The first-order valence-corrected chi connectivity index (χ1v) is 6.64. The van der Waals surface area contributed by atoms with E-state index in [0.717, 1.165) is 5.56 Å². The summed E-state index contributed by atoms with van der Waals surface area (Å²) in [6.07, 6.45) is 2.99. The predicted molar refractivity (Wildman–Crippen MR) is 82.6 cm³/mol. The normalized spacial score (nSPS) is 10.9. The van der Waals surface area contributed by atoms with Crippen LogP contribution >= 0.6 is 0 Å². The summed E-state index contributed by atoms with van der Waals surface area (Å²) in [5.41, 5.74) is 2.88. The molecule has 0 unspecified atom stereocenters. The zero-order valence-electron chi connectivity index (χ0n) is 12.5. The largest absolute Gasteiger partial charge is 0.493 e. The van der Waals surface area contributed by atoms with Crippen LogP contribution in [0, 0.1) is 0 Å². The van der Waals surface area contributed by atoms with Crippen LogP contribution in [-0.2, 0) is 0 Å². The number of hydrogen-bond acceptors (Lipinski definition) is 7. The van der Waals surface area contributed by atoms with Crippen LogP contribution in [0.4, 0.5) is 5.82 Å². The highest BCUT2D eigenvalue weighted by molar-refractivity contribution is 5.81. The zero-order chi connectivity index (χ0) is 15.9. The Balaban J connectivity index is 2.09. The van der Waals surface area contributed by atoms with E-state index in [1.165, 1.54) is 6.20 Å². The quantitative estimate of drug-likeness (QED) is 0.618. The fourth-order valence-electron chi connectivity index (χ4n) is 1.65. The molecule has 22 heavy (non-hydrogen) atoms. The van der Waals surface area contributed by atoms with Crippen molar-refractivity contribution in [2.24, 2.45) is 5.10 Å². The Morgan fingerprint density at radius 3 is 2.86 bits per heavy atom. The molecule has 0 atom stereocenters. The van der Waals surface area contributed by atoms with Crippen molar-refractivity contribution in [1.29, 1.82) is 0 Å². The molecular weight excluding hydrogens is 286 g/mol. The molecule has 0 radical (unpaired) electrons. The van der Waals surface area contributed by atoms with Gasteiger partial charge >= 0.3 is 5.69 Å². The lowest BCUT2D eigenvalue weighted by Gasteiger charge is -2.13.